The second-order valence-corrected chi connectivity index (χ2v) is 12.1. The van der Waals surface area contributed by atoms with Gasteiger partial charge in [0.1, 0.15) is 11.2 Å². The lowest BCUT2D eigenvalue weighted by Gasteiger charge is -2.32. The Bertz CT molecular complexity index is 1330. The van der Waals surface area contributed by atoms with Gasteiger partial charge in [0.05, 0.1) is 33.3 Å². The smallest absolute Gasteiger partial charge is 0.310 e. The van der Waals surface area contributed by atoms with Gasteiger partial charge >= 0.3 is 5.97 Å². The van der Waals surface area contributed by atoms with Crippen LogP contribution in [0.5, 0.6) is 5.75 Å². The largest absolute Gasteiger partial charge is 0.493 e. The fourth-order valence-corrected chi connectivity index (χ4v) is 7.90. The van der Waals surface area contributed by atoms with Gasteiger partial charge in [-0.15, -0.1) is 0 Å². The van der Waals surface area contributed by atoms with E-state index < -0.39 is 49.6 Å². The number of primary amides is 1. The third kappa shape index (κ3) is 4.14. The van der Waals surface area contributed by atoms with E-state index >= 15 is 0 Å². The minimum atomic E-state index is -4.03. The zero-order valence-electron chi connectivity index (χ0n) is 18.4. The molecule has 0 saturated heterocycles. The molecule has 35 heavy (non-hydrogen) atoms. The summed E-state index contributed by atoms with van der Waals surface area (Å²) in [6.45, 7) is -0.140. The van der Waals surface area contributed by atoms with E-state index in [4.69, 9.17) is 33.7 Å². The molecule has 4 rings (SSSR count). The lowest BCUT2D eigenvalue weighted by Crippen LogP contribution is -2.43. The predicted molar refractivity (Wildman–Crippen MR) is 128 cm³/mol. The topological polar surface area (TPSA) is 148 Å². The molecule has 0 bridgehead atoms. The third-order valence-electron chi connectivity index (χ3n) is 7.31. The van der Waals surface area contributed by atoms with Gasteiger partial charge in [-0.05, 0) is 55.7 Å². The molecule has 2 aliphatic rings. The Morgan fingerprint density at radius 2 is 1.80 bits per heavy atom. The van der Waals surface area contributed by atoms with E-state index in [2.05, 4.69) is 0 Å². The van der Waals surface area contributed by atoms with Crippen LogP contribution in [0.1, 0.15) is 19.3 Å². The first-order valence-corrected chi connectivity index (χ1v) is 13.1. The van der Waals surface area contributed by atoms with Crippen LogP contribution in [0.3, 0.4) is 0 Å². The summed E-state index contributed by atoms with van der Waals surface area (Å²) in [5.41, 5.74) is 2.10. The van der Waals surface area contributed by atoms with Gasteiger partial charge in [0.2, 0.25) is 5.91 Å². The molecule has 0 heterocycles. The first-order chi connectivity index (χ1) is 16.5. The standard InChI is InChI=1S/C24H22Cl2N2O6S/c25-15-5-7-16(8-6-15)34-12-14-9-17(35(32,33)19-4-2-1-3-18(19)26)10-24(14,22(30)31)20-11-23(20,13-27)21(28)29/h1-8,14,17,20H,9-12H2,(H2,28,29)(H,30,31)/t14-,17+,20?,23?,24-/m0/s1. The zero-order chi connectivity index (χ0) is 25.6. The van der Waals surface area contributed by atoms with E-state index in [1.54, 1.807) is 30.3 Å². The van der Waals surface area contributed by atoms with Crippen LogP contribution in [0.15, 0.2) is 53.4 Å². The third-order valence-corrected chi connectivity index (χ3v) is 10.2. The van der Waals surface area contributed by atoms with Crippen molar-refractivity contribution in [3.05, 3.63) is 58.6 Å². The second-order valence-electron chi connectivity index (χ2n) is 9.05. The minimum absolute atomic E-state index is 0.0317. The van der Waals surface area contributed by atoms with E-state index in [0.717, 1.165) is 0 Å². The monoisotopic (exact) mass is 536 g/mol. The fourth-order valence-electron chi connectivity index (χ4n) is 5.36. The number of hydrogen-bond donors (Lipinski definition) is 2. The highest BCUT2D eigenvalue weighted by molar-refractivity contribution is 7.92. The number of nitrogens with two attached hydrogens (primary N) is 1. The molecular weight excluding hydrogens is 515 g/mol. The summed E-state index contributed by atoms with van der Waals surface area (Å²) in [7, 11) is -4.03. The number of carbonyl (C=O) groups excluding carboxylic acids is 1. The summed E-state index contributed by atoms with van der Waals surface area (Å²) >= 11 is 12.1. The number of halogens is 2. The molecule has 0 aliphatic heterocycles. The number of amides is 1. The molecule has 2 aromatic rings. The summed E-state index contributed by atoms with van der Waals surface area (Å²) in [5.74, 6) is -3.55. The van der Waals surface area contributed by atoms with Crippen molar-refractivity contribution in [1.82, 2.24) is 0 Å². The van der Waals surface area contributed by atoms with Crippen molar-refractivity contribution in [3.63, 3.8) is 0 Å². The van der Waals surface area contributed by atoms with Gasteiger partial charge in [0.15, 0.2) is 9.84 Å². The van der Waals surface area contributed by atoms with Crippen molar-refractivity contribution in [1.29, 1.82) is 5.26 Å². The maximum absolute atomic E-state index is 13.5. The maximum atomic E-state index is 13.5. The molecule has 2 saturated carbocycles. The van der Waals surface area contributed by atoms with Gasteiger partial charge in [-0.2, -0.15) is 5.26 Å². The highest BCUT2D eigenvalue weighted by atomic mass is 35.5. The molecule has 0 spiro atoms. The van der Waals surface area contributed by atoms with Gasteiger partial charge in [0, 0.05) is 16.9 Å². The number of nitriles is 1. The average Bonchev–Trinajstić information content (AvgIpc) is 3.45. The van der Waals surface area contributed by atoms with Crippen LogP contribution >= 0.6 is 23.2 Å². The molecule has 5 atom stereocenters. The predicted octanol–water partition coefficient (Wildman–Crippen LogP) is 3.71. The Labute approximate surface area is 212 Å². The van der Waals surface area contributed by atoms with Gasteiger partial charge in [-0.1, -0.05) is 35.3 Å². The number of hydrogen-bond acceptors (Lipinski definition) is 6. The SMILES string of the molecule is N#CC1(C(N)=O)CC1[C@]1(C(=O)O)C[C@H](S(=O)(=O)c2ccccc2Cl)C[C@H]1COc1ccc(Cl)cc1. The van der Waals surface area contributed by atoms with Crippen molar-refractivity contribution in [2.45, 2.75) is 29.4 Å². The number of carboxylic acid groups (broad SMARTS) is 1. The molecule has 184 valence electrons. The zero-order valence-corrected chi connectivity index (χ0v) is 20.7. The van der Waals surface area contributed by atoms with E-state index in [-0.39, 0.29) is 35.8 Å². The second kappa shape index (κ2) is 9.01. The highest BCUT2D eigenvalue weighted by Gasteiger charge is 2.74. The number of benzene rings is 2. The van der Waals surface area contributed by atoms with Crippen molar-refractivity contribution in [2.24, 2.45) is 28.4 Å². The number of sulfone groups is 1. The Morgan fingerprint density at radius 3 is 2.34 bits per heavy atom. The summed E-state index contributed by atoms with van der Waals surface area (Å²) in [4.78, 5) is 24.9. The molecule has 2 aliphatic carbocycles. The first-order valence-electron chi connectivity index (χ1n) is 10.8. The van der Waals surface area contributed by atoms with Crippen molar-refractivity contribution >= 4 is 44.9 Å². The lowest BCUT2D eigenvalue weighted by atomic mass is 9.71. The summed E-state index contributed by atoms with van der Waals surface area (Å²) in [6.07, 6.45) is -0.405. The number of aliphatic carboxylic acids is 1. The Hall–Kier alpha value is -2.80. The summed E-state index contributed by atoms with van der Waals surface area (Å²) < 4.78 is 32.9. The summed E-state index contributed by atoms with van der Waals surface area (Å²) in [6, 6.07) is 14.3. The molecule has 3 N–H and O–H groups in total. The van der Waals surface area contributed by atoms with Crippen LogP contribution in [0.2, 0.25) is 10.0 Å². The quantitative estimate of drug-likeness (QED) is 0.522. The molecule has 2 unspecified atom stereocenters. The van der Waals surface area contributed by atoms with Crippen molar-refractivity contribution in [3.8, 4) is 11.8 Å². The number of ether oxygens (including phenoxy) is 1. The van der Waals surface area contributed by atoms with Crippen LogP contribution in [-0.2, 0) is 19.4 Å². The normalized spacial score (nSPS) is 29.8. The maximum Gasteiger partial charge on any atom is 0.310 e. The number of carbonyl (C=O) groups is 2. The van der Waals surface area contributed by atoms with Gasteiger partial charge in [0.25, 0.3) is 0 Å². The van der Waals surface area contributed by atoms with Crippen LogP contribution in [-0.4, -0.2) is 37.3 Å². The number of carboxylic acids is 1. The highest BCUT2D eigenvalue weighted by Crippen LogP contribution is 2.68. The van der Waals surface area contributed by atoms with Crippen molar-refractivity contribution in [2.75, 3.05) is 6.61 Å². The Balaban J connectivity index is 1.74. The fraction of sp³-hybridized carbons (Fsp3) is 0.375. The molecule has 8 nitrogen and oxygen atoms in total. The van der Waals surface area contributed by atoms with Crippen molar-refractivity contribution < 1.29 is 27.9 Å². The molecule has 2 fully saturated rings. The Morgan fingerprint density at radius 1 is 1.14 bits per heavy atom. The molecule has 0 radical (unpaired) electrons. The number of nitrogens with zero attached hydrogens (tertiary/aromatic N) is 1. The van der Waals surface area contributed by atoms with Crippen LogP contribution in [0, 0.1) is 34.0 Å². The van der Waals surface area contributed by atoms with Gasteiger partial charge < -0.3 is 15.6 Å². The van der Waals surface area contributed by atoms with Gasteiger partial charge in [-0.3, -0.25) is 9.59 Å². The van der Waals surface area contributed by atoms with Crippen LogP contribution < -0.4 is 10.5 Å². The van der Waals surface area contributed by atoms with Gasteiger partial charge in [-0.25, -0.2) is 8.42 Å². The first kappa shape index (κ1) is 25.3. The molecule has 0 aromatic heterocycles. The van der Waals surface area contributed by atoms with Crippen LogP contribution in [0.4, 0.5) is 0 Å². The molecular formula is C24H22Cl2N2O6S. The summed E-state index contributed by atoms with van der Waals surface area (Å²) in [5, 5.41) is 19.5. The molecule has 2 aromatic carbocycles. The van der Waals surface area contributed by atoms with E-state index in [0.29, 0.717) is 10.8 Å². The average molecular weight is 537 g/mol. The molecule has 1 amide bonds. The lowest BCUT2D eigenvalue weighted by molar-refractivity contribution is -0.154. The van der Waals surface area contributed by atoms with E-state index in [1.807, 2.05) is 6.07 Å². The van der Waals surface area contributed by atoms with E-state index in [9.17, 15) is 28.4 Å². The minimum Gasteiger partial charge on any atom is -0.493 e. The van der Waals surface area contributed by atoms with Crippen LogP contribution in [0.25, 0.3) is 0 Å². The van der Waals surface area contributed by atoms with E-state index in [1.165, 1.54) is 18.2 Å². The molecule has 11 heteroatoms. The number of rotatable bonds is 8. The Kier molecular flexibility index (Phi) is 6.51.